The van der Waals surface area contributed by atoms with Gasteiger partial charge in [0, 0.05) is 5.56 Å². The van der Waals surface area contributed by atoms with Gasteiger partial charge in [0.2, 0.25) is 5.79 Å². The topological polar surface area (TPSA) is 354 Å². The lowest BCUT2D eigenvalue weighted by atomic mass is 9.89. The van der Waals surface area contributed by atoms with Gasteiger partial charge in [0.15, 0.2) is 28.7 Å². The van der Waals surface area contributed by atoms with Gasteiger partial charge in [-0.3, -0.25) is 19.3 Å². The number of ether oxygens (including phenoxy) is 1. The molecule has 3 aromatic rings. The number of hydrogen-bond acceptors (Lipinski definition) is 17. The monoisotopic (exact) mass is 651 g/mol. The van der Waals surface area contributed by atoms with Crippen molar-refractivity contribution in [3.05, 3.63) is 41.2 Å². The number of anilines is 2. The Morgan fingerprint density at radius 1 is 0.870 bits per heavy atom. The molecule has 1 saturated heterocycles. The van der Waals surface area contributed by atoms with E-state index in [0.717, 1.165) is 4.68 Å². The molecule has 0 radical (unpaired) electrons. The molecule has 0 aliphatic carbocycles. The van der Waals surface area contributed by atoms with E-state index in [1.54, 1.807) is 0 Å². The second-order valence-corrected chi connectivity index (χ2v) is 10.4. The number of piperidine rings is 1. The van der Waals surface area contributed by atoms with Crippen molar-refractivity contribution in [3.63, 3.8) is 0 Å². The molecule has 1 fully saturated rings. The fourth-order valence-electron chi connectivity index (χ4n) is 5.15. The van der Waals surface area contributed by atoms with Crippen molar-refractivity contribution in [1.29, 1.82) is 0 Å². The van der Waals surface area contributed by atoms with Crippen LogP contribution >= 0.6 is 0 Å². The molecule has 5 rings (SSSR count). The molecule has 2 aromatic carbocycles. The molecule has 3 heterocycles. The summed E-state index contributed by atoms with van der Waals surface area (Å²) in [6, 6.07) is 5.63. The van der Waals surface area contributed by atoms with Crippen LogP contribution in [0.1, 0.15) is 26.5 Å². The van der Waals surface area contributed by atoms with Crippen LogP contribution in [0.25, 0.3) is 5.69 Å². The Morgan fingerprint density at radius 3 is 1.89 bits per heavy atom. The molecule has 2 aliphatic heterocycles. The van der Waals surface area contributed by atoms with Crippen LogP contribution < -0.4 is 20.3 Å². The third-order valence-electron chi connectivity index (χ3n) is 7.52. The normalized spacial score (nSPS) is 19.6. The van der Waals surface area contributed by atoms with Gasteiger partial charge in [-0.15, -0.1) is 0 Å². The average Bonchev–Trinajstić information content (AvgIpc) is 3.35. The van der Waals surface area contributed by atoms with Gasteiger partial charge >= 0.3 is 5.79 Å². The van der Waals surface area contributed by atoms with E-state index < -0.39 is 105 Å². The zero-order chi connectivity index (χ0) is 34.5. The van der Waals surface area contributed by atoms with E-state index in [4.69, 9.17) is 10.5 Å². The number of carbonyl (C=O) groups is 3. The average molecular weight is 651 g/mol. The first-order chi connectivity index (χ1) is 21.1. The summed E-state index contributed by atoms with van der Waals surface area (Å²) >= 11 is 0. The minimum atomic E-state index is -4.44. The predicted molar refractivity (Wildman–Crippen MR) is 143 cm³/mol. The van der Waals surface area contributed by atoms with Crippen molar-refractivity contribution in [2.75, 3.05) is 23.5 Å². The number of nitrogens with two attached hydrogens (primary N) is 1. The molecule has 0 bridgehead atoms. The smallest absolute Gasteiger partial charge is 0.306 e. The summed E-state index contributed by atoms with van der Waals surface area (Å²) < 4.78 is 5.93. The van der Waals surface area contributed by atoms with Gasteiger partial charge < -0.3 is 71.7 Å². The van der Waals surface area contributed by atoms with Gasteiger partial charge in [-0.2, -0.15) is 5.10 Å². The number of benzene rings is 2. The van der Waals surface area contributed by atoms with E-state index in [-0.39, 0.29) is 15.5 Å². The number of phenols is 4. The number of aromatic nitrogens is 2. The molecular weight excluding hydrogens is 626 g/mol. The minimum absolute atomic E-state index is 0.0937. The number of methoxy groups -OCH3 is 1. The van der Waals surface area contributed by atoms with Crippen LogP contribution in [-0.2, 0) is 11.2 Å². The summed E-state index contributed by atoms with van der Waals surface area (Å²) in [4.78, 5) is 38.4. The lowest BCUT2D eigenvalue weighted by Gasteiger charge is -2.49. The Balaban J connectivity index is 1.70. The highest BCUT2D eigenvalue weighted by atomic mass is 16.7. The lowest BCUT2D eigenvalue weighted by Crippen LogP contribution is -2.80. The standard InChI is InChI=1S/C25H25N5O16/c1-46-9-4-2-8(3-5-9)30-12-10(11(27-30)19(26)35)6-23(40,41)29(20(12)36)14-17(33)15(31)13(16(32)18(14)34)28-7-22(38,39)25(44,45)24(42,43)21(28)37/h2-5,31-34,38-45H,6-7H2,1H3,(H2,26,35). The maximum absolute atomic E-state index is 13.9. The van der Waals surface area contributed by atoms with E-state index in [9.17, 15) is 75.7 Å². The van der Waals surface area contributed by atoms with Crippen molar-refractivity contribution >= 4 is 29.1 Å². The Bertz CT molecular complexity index is 1780. The minimum Gasteiger partial charge on any atom is -0.503 e. The molecule has 0 spiro atoms. The summed E-state index contributed by atoms with van der Waals surface area (Å²) in [7, 11) is 1.37. The summed E-state index contributed by atoms with van der Waals surface area (Å²) in [6.45, 7) is -1.76. The van der Waals surface area contributed by atoms with Crippen LogP contribution in [-0.4, -0.2) is 126 Å². The van der Waals surface area contributed by atoms with Crippen LogP contribution in [0.2, 0.25) is 0 Å². The van der Waals surface area contributed by atoms with Crippen molar-refractivity contribution < 1.29 is 80.4 Å². The summed E-state index contributed by atoms with van der Waals surface area (Å²) in [5.41, 5.74) is 0.998. The molecule has 2 aliphatic rings. The zero-order valence-electron chi connectivity index (χ0n) is 23.1. The van der Waals surface area contributed by atoms with E-state index in [1.165, 1.54) is 31.4 Å². The number of carbonyl (C=O) groups excluding carboxylic acids is 3. The number of nitrogens with zero attached hydrogens (tertiary/aromatic N) is 4. The second-order valence-electron chi connectivity index (χ2n) is 10.4. The largest absolute Gasteiger partial charge is 0.503 e. The number of hydrogen-bond donors (Lipinski definition) is 13. The first kappa shape index (κ1) is 32.1. The van der Waals surface area contributed by atoms with Crippen LogP contribution in [0.5, 0.6) is 28.7 Å². The third kappa shape index (κ3) is 4.19. The van der Waals surface area contributed by atoms with Crippen molar-refractivity contribution in [3.8, 4) is 34.4 Å². The molecule has 21 nitrogen and oxygen atoms in total. The zero-order valence-corrected chi connectivity index (χ0v) is 23.1. The molecule has 0 saturated carbocycles. The van der Waals surface area contributed by atoms with Crippen LogP contribution in [0, 0.1) is 0 Å². The van der Waals surface area contributed by atoms with Crippen LogP contribution in [0.15, 0.2) is 24.3 Å². The van der Waals surface area contributed by atoms with Gasteiger partial charge in [0.25, 0.3) is 29.4 Å². The fraction of sp³-hybridized carbons (Fsp3) is 0.280. The number of phenolic OH excluding ortho intramolecular Hbond substituents is 4. The number of β-amino-alcohol motifs (C(OH)–C–C–N with tert-alkyl or cyclic N) is 2. The summed E-state index contributed by atoms with van der Waals surface area (Å²) in [5.74, 6) is -27.7. The third-order valence-corrected chi connectivity index (χ3v) is 7.52. The number of amides is 3. The van der Waals surface area contributed by atoms with E-state index in [2.05, 4.69) is 5.10 Å². The van der Waals surface area contributed by atoms with E-state index >= 15 is 0 Å². The molecule has 1 aromatic heterocycles. The molecule has 21 heteroatoms. The Hall–Kier alpha value is -5.26. The lowest BCUT2D eigenvalue weighted by molar-refractivity contribution is -0.440. The quantitative estimate of drug-likeness (QED) is 0.0697. The Labute approximate surface area is 254 Å². The van der Waals surface area contributed by atoms with Crippen LogP contribution in [0.3, 0.4) is 0 Å². The van der Waals surface area contributed by atoms with Gasteiger partial charge in [0.1, 0.15) is 22.8 Å². The van der Waals surface area contributed by atoms with E-state index in [1.807, 2.05) is 0 Å². The van der Waals surface area contributed by atoms with Crippen molar-refractivity contribution in [2.45, 2.75) is 29.7 Å². The Morgan fingerprint density at radius 2 is 1.39 bits per heavy atom. The predicted octanol–water partition coefficient (Wildman–Crippen LogP) is -4.97. The van der Waals surface area contributed by atoms with E-state index in [0.29, 0.717) is 5.75 Å². The van der Waals surface area contributed by atoms with Crippen molar-refractivity contribution in [1.82, 2.24) is 9.78 Å². The Kier molecular flexibility index (Phi) is 6.90. The summed E-state index contributed by atoms with van der Waals surface area (Å²) in [5, 5.41) is 129. The molecular formula is C25H25N5O16. The highest BCUT2D eigenvalue weighted by Gasteiger charge is 2.71. The van der Waals surface area contributed by atoms with Gasteiger partial charge in [-0.05, 0) is 24.3 Å². The van der Waals surface area contributed by atoms with Gasteiger partial charge in [-0.25, -0.2) is 9.58 Å². The molecule has 246 valence electrons. The number of primary amides is 1. The van der Waals surface area contributed by atoms with Crippen LogP contribution in [0.4, 0.5) is 11.4 Å². The maximum atomic E-state index is 13.9. The SMILES string of the molecule is COc1ccc(-n2nc(C(N)=O)c3c2C(=O)N(c2c(O)c(O)c(N4CC(O)(O)C(O)(O)C(O)(O)C4=O)c(O)c2O)C(O)(O)C3)cc1. The first-order valence-corrected chi connectivity index (χ1v) is 12.6. The highest BCUT2D eigenvalue weighted by molar-refractivity contribution is 6.13. The molecule has 0 unspecified atom stereocenters. The van der Waals surface area contributed by atoms with Gasteiger partial charge in [0.05, 0.1) is 25.8 Å². The molecule has 46 heavy (non-hydrogen) atoms. The number of fused-ring (bicyclic) bond motifs is 1. The maximum Gasteiger partial charge on any atom is 0.306 e. The highest BCUT2D eigenvalue weighted by Crippen LogP contribution is 2.58. The fourth-order valence-corrected chi connectivity index (χ4v) is 5.15. The molecule has 3 amide bonds. The number of aromatic hydroxyl groups is 4. The first-order valence-electron chi connectivity index (χ1n) is 12.6. The summed E-state index contributed by atoms with van der Waals surface area (Å²) in [6.07, 6.45) is -1.08. The van der Waals surface area contributed by atoms with Gasteiger partial charge in [-0.1, -0.05) is 0 Å². The number of aliphatic hydroxyl groups is 8. The van der Waals surface area contributed by atoms with Crippen molar-refractivity contribution in [2.24, 2.45) is 5.73 Å². The molecule has 0 atom stereocenters. The second kappa shape index (κ2) is 9.87. The molecule has 14 N–H and O–H groups in total. The number of rotatable bonds is 5.